The van der Waals surface area contributed by atoms with Crippen molar-refractivity contribution in [1.29, 1.82) is 0 Å². The standard InChI is InChI=1S/C9H12N4O2/c1-6-4-13(2)12-8(6)9-11-10-7(15-9)5-14-3/h4H,5H2,1-3H3. The van der Waals surface area contributed by atoms with Crippen LogP contribution in [0.15, 0.2) is 10.6 Å². The Morgan fingerprint density at radius 2 is 2.27 bits per heavy atom. The van der Waals surface area contributed by atoms with E-state index in [1.54, 1.807) is 11.8 Å². The van der Waals surface area contributed by atoms with Gasteiger partial charge in [0.05, 0.1) is 0 Å². The van der Waals surface area contributed by atoms with E-state index < -0.39 is 0 Å². The van der Waals surface area contributed by atoms with Gasteiger partial charge in [-0.3, -0.25) is 4.68 Å². The molecule has 0 aliphatic carbocycles. The van der Waals surface area contributed by atoms with Crippen molar-refractivity contribution in [2.24, 2.45) is 7.05 Å². The zero-order valence-corrected chi connectivity index (χ0v) is 8.89. The molecular formula is C9H12N4O2. The first-order valence-corrected chi connectivity index (χ1v) is 4.52. The van der Waals surface area contributed by atoms with E-state index in [-0.39, 0.29) is 0 Å². The first kappa shape index (κ1) is 9.85. The van der Waals surface area contributed by atoms with Crippen molar-refractivity contribution in [3.05, 3.63) is 17.7 Å². The molecule has 0 spiro atoms. The molecular weight excluding hydrogens is 196 g/mol. The predicted octanol–water partition coefficient (Wildman–Crippen LogP) is 0.925. The van der Waals surface area contributed by atoms with E-state index in [0.717, 1.165) is 5.56 Å². The molecule has 0 saturated heterocycles. The SMILES string of the molecule is COCc1nnc(-c2nn(C)cc2C)o1. The number of hydrogen-bond acceptors (Lipinski definition) is 5. The highest BCUT2D eigenvalue weighted by atomic mass is 16.5. The van der Waals surface area contributed by atoms with Gasteiger partial charge in [0.2, 0.25) is 5.89 Å². The first-order valence-electron chi connectivity index (χ1n) is 4.52. The van der Waals surface area contributed by atoms with E-state index in [1.807, 2.05) is 20.2 Å². The van der Waals surface area contributed by atoms with Crippen LogP contribution in [-0.2, 0) is 18.4 Å². The third-order valence-electron chi connectivity index (χ3n) is 1.95. The molecule has 15 heavy (non-hydrogen) atoms. The summed E-state index contributed by atoms with van der Waals surface area (Å²) in [6.45, 7) is 2.27. The molecule has 0 aromatic carbocycles. The average molecular weight is 208 g/mol. The van der Waals surface area contributed by atoms with E-state index in [9.17, 15) is 0 Å². The molecule has 2 heterocycles. The molecule has 2 aromatic rings. The Balaban J connectivity index is 2.32. The Kier molecular flexibility index (Phi) is 2.51. The summed E-state index contributed by atoms with van der Waals surface area (Å²) in [5.41, 5.74) is 1.72. The van der Waals surface area contributed by atoms with Gasteiger partial charge in [0.1, 0.15) is 6.61 Å². The van der Waals surface area contributed by atoms with Crippen molar-refractivity contribution in [2.75, 3.05) is 7.11 Å². The minimum Gasteiger partial charge on any atom is -0.417 e. The average Bonchev–Trinajstić information content (AvgIpc) is 2.73. The van der Waals surface area contributed by atoms with Crippen LogP contribution in [0.4, 0.5) is 0 Å². The van der Waals surface area contributed by atoms with Gasteiger partial charge < -0.3 is 9.15 Å². The largest absolute Gasteiger partial charge is 0.417 e. The Labute approximate surface area is 86.9 Å². The van der Waals surface area contributed by atoms with Gasteiger partial charge in [-0.05, 0) is 6.92 Å². The van der Waals surface area contributed by atoms with Crippen LogP contribution in [0.3, 0.4) is 0 Å². The number of aromatic nitrogens is 4. The van der Waals surface area contributed by atoms with E-state index in [0.29, 0.717) is 24.1 Å². The maximum absolute atomic E-state index is 5.38. The molecule has 0 aliphatic heterocycles. The summed E-state index contributed by atoms with van der Waals surface area (Å²) >= 11 is 0. The van der Waals surface area contributed by atoms with Crippen LogP contribution in [0.5, 0.6) is 0 Å². The molecule has 6 heteroatoms. The zero-order valence-electron chi connectivity index (χ0n) is 8.89. The molecule has 0 amide bonds. The van der Waals surface area contributed by atoms with Crippen molar-refractivity contribution in [2.45, 2.75) is 13.5 Å². The Bertz CT molecular complexity index is 460. The topological polar surface area (TPSA) is 66.0 Å². The fourth-order valence-corrected chi connectivity index (χ4v) is 1.35. The number of rotatable bonds is 3. The lowest BCUT2D eigenvalue weighted by molar-refractivity contribution is 0.160. The fourth-order valence-electron chi connectivity index (χ4n) is 1.35. The minimum atomic E-state index is 0.318. The van der Waals surface area contributed by atoms with Crippen molar-refractivity contribution < 1.29 is 9.15 Å². The van der Waals surface area contributed by atoms with E-state index in [2.05, 4.69) is 15.3 Å². The summed E-state index contributed by atoms with van der Waals surface area (Å²) in [4.78, 5) is 0. The number of nitrogens with zero attached hydrogens (tertiary/aromatic N) is 4. The molecule has 2 aromatic heterocycles. The molecule has 80 valence electrons. The van der Waals surface area contributed by atoms with Gasteiger partial charge in [-0.2, -0.15) is 5.10 Å². The molecule has 0 saturated carbocycles. The van der Waals surface area contributed by atoms with Gasteiger partial charge in [0.15, 0.2) is 5.69 Å². The molecule has 0 unspecified atom stereocenters. The second kappa shape index (κ2) is 3.82. The summed E-state index contributed by atoms with van der Waals surface area (Å²) in [5, 5.41) is 12.0. The number of ether oxygens (including phenoxy) is 1. The summed E-state index contributed by atoms with van der Waals surface area (Å²) in [5.74, 6) is 0.887. The van der Waals surface area contributed by atoms with Gasteiger partial charge in [0, 0.05) is 25.9 Å². The van der Waals surface area contributed by atoms with E-state index >= 15 is 0 Å². The van der Waals surface area contributed by atoms with E-state index in [1.165, 1.54) is 0 Å². The molecule has 0 fully saturated rings. The lowest BCUT2D eigenvalue weighted by Gasteiger charge is -1.90. The van der Waals surface area contributed by atoms with Crippen LogP contribution in [0, 0.1) is 6.92 Å². The van der Waals surface area contributed by atoms with Crippen LogP contribution >= 0.6 is 0 Å². The van der Waals surface area contributed by atoms with Crippen molar-refractivity contribution in [3.8, 4) is 11.6 Å². The highest BCUT2D eigenvalue weighted by Crippen LogP contribution is 2.19. The van der Waals surface area contributed by atoms with Gasteiger partial charge in [-0.15, -0.1) is 10.2 Å². The fraction of sp³-hybridized carbons (Fsp3) is 0.444. The van der Waals surface area contributed by atoms with Crippen LogP contribution < -0.4 is 0 Å². The molecule has 0 bridgehead atoms. The molecule has 0 atom stereocenters. The number of hydrogen-bond donors (Lipinski definition) is 0. The molecule has 0 radical (unpaired) electrons. The summed E-state index contributed by atoms with van der Waals surface area (Å²) in [6.07, 6.45) is 1.90. The van der Waals surface area contributed by atoms with Gasteiger partial charge in [-0.1, -0.05) is 0 Å². The second-order valence-corrected chi connectivity index (χ2v) is 3.27. The zero-order chi connectivity index (χ0) is 10.8. The van der Waals surface area contributed by atoms with E-state index in [4.69, 9.17) is 9.15 Å². The smallest absolute Gasteiger partial charge is 0.268 e. The normalized spacial score (nSPS) is 10.9. The molecule has 0 aliphatic rings. The van der Waals surface area contributed by atoms with Crippen molar-refractivity contribution in [1.82, 2.24) is 20.0 Å². The molecule has 6 nitrogen and oxygen atoms in total. The van der Waals surface area contributed by atoms with Crippen LogP contribution in [-0.4, -0.2) is 27.1 Å². The maximum Gasteiger partial charge on any atom is 0.268 e. The lowest BCUT2D eigenvalue weighted by atomic mass is 10.3. The minimum absolute atomic E-state index is 0.318. The van der Waals surface area contributed by atoms with Gasteiger partial charge in [-0.25, -0.2) is 0 Å². The first-order chi connectivity index (χ1) is 7.20. The third-order valence-corrected chi connectivity index (χ3v) is 1.95. The number of methoxy groups -OCH3 is 1. The summed E-state index contributed by atoms with van der Waals surface area (Å²) < 4.78 is 12.0. The lowest BCUT2D eigenvalue weighted by Crippen LogP contribution is -1.87. The van der Waals surface area contributed by atoms with Gasteiger partial charge >= 0.3 is 0 Å². The molecule has 0 N–H and O–H groups in total. The van der Waals surface area contributed by atoms with Crippen molar-refractivity contribution in [3.63, 3.8) is 0 Å². The monoisotopic (exact) mass is 208 g/mol. The predicted molar refractivity (Wildman–Crippen MR) is 52.0 cm³/mol. The van der Waals surface area contributed by atoms with Crippen LogP contribution in [0.2, 0.25) is 0 Å². The van der Waals surface area contributed by atoms with Gasteiger partial charge in [0.25, 0.3) is 5.89 Å². The third kappa shape index (κ3) is 1.89. The van der Waals surface area contributed by atoms with Crippen LogP contribution in [0.1, 0.15) is 11.5 Å². The highest BCUT2D eigenvalue weighted by Gasteiger charge is 2.13. The summed E-state index contributed by atoms with van der Waals surface area (Å²) in [6, 6.07) is 0. The number of aryl methyl sites for hydroxylation is 2. The van der Waals surface area contributed by atoms with Crippen LogP contribution in [0.25, 0.3) is 11.6 Å². The quantitative estimate of drug-likeness (QED) is 0.750. The second-order valence-electron chi connectivity index (χ2n) is 3.27. The Morgan fingerprint density at radius 3 is 2.87 bits per heavy atom. The molecule has 2 rings (SSSR count). The Morgan fingerprint density at radius 1 is 1.47 bits per heavy atom. The maximum atomic E-state index is 5.38. The van der Waals surface area contributed by atoms with Crippen molar-refractivity contribution >= 4 is 0 Å². The Hall–Kier alpha value is -1.69. The summed E-state index contributed by atoms with van der Waals surface area (Å²) in [7, 11) is 3.43. The highest BCUT2D eigenvalue weighted by molar-refractivity contribution is 5.50.